The van der Waals surface area contributed by atoms with E-state index in [-0.39, 0.29) is 34.0 Å². The fourth-order valence-electron chi connectivity index (χ4n) is 3.11. The van der Waals surface area contributed by atoms with E-state index in [4.69, 9.17) is 0 Å². The molecule has 0 amide bonds. The van der Waals surface area contributed by atoms with Crippen molar-refractivity contribution in [3.63, 3.8) is 0 Å². The molecule has 0 saturated carbocycles. The van der Waals surface area contributed by atoms with Crippen molar-refractivity contribution in [3.8, 4) is 0 Å². The van der Waals surface area contributed by atoms with E-state index in [0.29, 0.717) is 11.5 Å². The first-order valence-electron chi connectivity index (χ1n) is 14.9. The standard InChI is InChI=1S/2C11H22O2S.2C4H9.Sn/c2*1-10(2)6-4-3-5-8-14-9-7-11(12)13;2*1-3-4-2;/h2*10H,3-9H2,1-2H3,(H,12,13);2*1,3-4H2,2H3;/q;;;;+2/p-2. The topological polar surface area (TPSA) is 80.3 Å². The Morgan fingerprint density at radius 2 is 0.973 bits per heavy atom. The molecule has 0 aliphatic carbocycles. The van der Waals surface area contributed by atoms with Crippen LogP contribution in [-0.2, 0) is 9.59 Å². The first-order valence-corrected chi connectivity index (χ1v) is 21.3. The molecule has 0 unspecified atom stereocenters. The number of hydrogen-bond donors (Lipinski definition) is 0. The van der Waals surface area contributed by atoms with Crippen LogP contribution in [-0.4, -0.2) is 56.1 Å². The van der Waals surface area contributed by atoms with Crippen molar-refractivity contribution in [1.29, 1.82) is 0 Å². The summed E-state index contributed by atoms with van der Waals surface area (Å²) in [7, 11) is 0. The Morgan fingerprint density at radius 1 is 0.595 bits per heavy atom. The van der Waals surface area contributed by atoms with Crippen molar-refractivity contribution >= 4 is 56.6 Å². The Labute approximate surface area is 250 Å². The first kappa shape index (κ1) is 41.9. The fraction of sp³-hybridized carbons (Fsp3) is 0.933. The molecule has 0 radical (unpaired) electrons. The Balaban J connectivity index is -0.000000481. The summed E-state index contributed by atoms with van der Waals surface area (Å²) in [6.07, 6.45) is 16.4. The van der Waals surface area contributed by atoms with E-state index in [1.807, 2.05) is 0 Å². The van der Waals surface area contributed by atoms with Crippen molar-refractivity contribution in [3.05, 3.63) is 0 Å². The van der Waals surface area contributed by atoms with Crippen molar-refractivity contribution in [1.82, 2.24) is 0 Å². The van der Waals surface area contributed by atoms with Gasteiger partial charge in [-0.2, -0.15) is 23.5 Å². The molecule has 0 aliphatic heterocycles. The second kappa shape index (κ2) is 36.4. The third-order valence-corrected chi connectivity index (χ3v) is 11.6. The number of thioether (sulfide) groups is 2. The Hall–Kier alpha value is 0.439. The number of hydrogen-bond acceptors (Lipinski definition) is 6. The number of rotatable bonds is 24. The molecule has 0 aromatic carbocycles. The van der Waals surface area contributed by atoms with Crippen LogP contribution in [0, 0.1) is 11.8 Å². The molecular weight excluding hydrogens is 607 g/mol. The van der Waals surface area contributed by atoms with Gasteiger partial charge in [-0.1, -0.05) is 66.2 Å². The van der Waals surface area contributed by atoms with Crippen molar-refractivity contribution in [2.24, 2.45) is 11.8 Å². The number of carboxylic acid groups (broad SMARTS) is 2. The molecule has 0 aromatic heterocycles. The van der Waals surface area contributed by atoms with Crippen LogP contribution in [0.3, 0.4) is 0 Å². The predicted octanol–water partition coefficient (Wildman–Crippen LogP) is 7.28. The van der Waals surface area contributed by atoms with E-state index < -0.39 is 11.9 Å². The molecule has 0 N–H and O–H groups in total. The van der Waals surface area contributed by atoms with E-state index in [2.05, 4.69) is 41.5 Å². The van der Waals surface area contributed by atoms with Crippen molar-refractivity contribution in [2.75, 3.05) is 23.0 Å². The van der Waals surface area contributed by atoms with E-state index >= 15 is 0 Å². The fourth-order valence-corrected chi connectivity index (χ4v) is 9.12. The zero-order chi connectivity index (χ0) is 28.6. The van der Waals surface area contributed by atoms with Gasteiger partial charge in [0, 0.05) is 11.9 Å². The molecule has 0 rings (SSSR count). The van der Waals surface area contributed by atoms with Gasteiger partial charge in [0.15, 0.2) is 0 Å². The molecule has 0 spiro atoms. The molecule has 0 aliphatic rings. The summed E-state index contributed by atoms with van der Waals surface area (Å²) in [5.74, 6) is 3.33. The third kappa shape index (κ3) is 53.4. The van der Waals surface area contributed by atoms with Gasteiger partial charge in [-0.3, -0.25) is 0 Å². The Bertz CT molecular complexity index is 423. The molecule has 37 heavy (non-hydrogen) atoms. The molecule has 0 atom stereocenters. The number of carbonyl (C=O) groups excluding carboxylic acids is 2. The molecule has 7 heteroatoms. The minimum absolute atomic E-state index is 0.149. The summed E-state index contributed by atoms with van der Waals surface area (Å²) in [6, 6.07) is 0. The van der Waals surface area contributed by atoms with Crippen LogP contribution in [0.15, 0.2) is 0 Å². The second-order valence-electron chi connectivity index (χ2n) is 10.4. The molecule has 220 valence electrons. The second-order valence-corrected chi connectivity index (χ2v) is 17.1. The van der Waals surface area contributed by atoms with Crippen LogP contribution in [0.2, 0.25) is 8.87 Å². The van der Waals surface area contributed by atoms with Crippen LogP contribution >= 0.6 is 23.5 Å². The summed E-state index contributed by atoms with van der Waals surface area (Å²) in [5, 5.41) is 20.2. The summed E-state index contributed by atoms with van der Waals surface area (Å²) in [6.45, 7) is 13.6. The monoisotopic (exact) mass is 668 g/mol. The van der Waals surface area contributed by atoms with E-state index in [1.165, 1.54) is 77.0 Å². The van der Waals surface area contributed by atoms with Gasteiger partial charge in [0.2, 0.25) is 0 Å². The molecule has 0 fully saturated rings. The summed E-state index contributed by atoms with van der Waals surface area (Å²) in [5.41, 5.74) is 0. The van der Waals surface area contributed by atoms with Gasteiger partial charge in [-0.25, -0.2) is 0 Å². The van der Waals surface area contributed by atoms with Crippen LogP contribution in [0.1, 0.15) is 131 Å². The number of unbranched alkanes of at least 4 members (excludes halogenated alkanes) is 6. The molecule has 4 nitrogen and oxygen atoms in total. The van der Waals surface area contributed by atoms with Gasteiger partial charge in [-0.05, 0) is 60.5 Å². The predicted molar refractivity (Wildman–Crippen MR) is 166 cm³/mol. The summed E-state index contributed by atoms with van der Waals surface area (Å²) >= 11 is 3.59. The Kier molecular flexibility index (Phi) is 41.3. The van der Waals surface area contributed by atoms with E-state index in [0.717, 1.165) is 23.3 Å². The van der Waals surface area contributed by atoms with Gasteiger partial charge in [0.1, 0.15) is 0 Å². The van der Waals surface area contributed by atoms with Crippen molar-refractivity contribution < 1.29 is 19.8 Å². The molecular formula is C30H60O4S2Sn. The average molecular weight is 668 g/mol. The SMILES string of the molecule is CC(C)CCCCCSCCC(=O)[O-].CC(C)CCCCCSCCC(=O)[O-].CCC[CH2][Sn+2][CH2]CCC. The maximum absolute atomic E-state index is 10.1. The van der Waals surface area contributed by atoms with Crippen LogP contribution < -0.4 is 10.2 Å². The number of carbonyl (C=O) groups is 2. The number of carboxylic acids is 2. The normalized spacial score (nSPS) is 10.4. The van der Waals surface area contributed by atoms with Gasteiger partial charge < -0.3 is 19.8 Å². The van der Waals surface area contributed by atoms with Gasteiger partial charge in [0.25, 0.3) is 0 Å². The molecule has 0 bridgehead atoms. The van der Waals surface area contributed by atoms with Crippen LogP contribution in [0.5, 0.6) is 0 Å². The zero-order valence-electron chi connectivity index (χ0n) is 25.2. The van der Waals surface area contributed by atoms with Gasteiger partial charge >= 0.3 is 69.5 Å². The molecule has 0 saturated heterocycles. The Morgan fingerprint density at radius 3 is 1.27 bits per heavy atom. The molecule has 0 aromatic rings. The first-order chi connectivity index (χ1) is 17.7. The minimum atomic E-state index is -0.933. The van der Waals surface area contributed by atoms with Crippen LogP contribution in [0.4, 0.5) is 0 Å². The number of aliphatic carboxylic acids is 2. The summed E-state index contributed by atoms with van der Waals surface area (Å²) in [4.78, 5) is 20.2. The van der Waals surface area contributed by atoms with Crippen molar-refractivity contribution in [2.45, 2.75) is 140 Å². The third-order valence-electron chi connectivity index (χ3n) is 5.46. The van der Waals surface area contributed by atoms with E-state index in [9.17, 15) is 19.8 Å². The van der Waals surface area contributed by atoms with Gasteiger partial charge in [-0.15, -0.1) is 0 Å². The van der Waals surface area contributed by atoms with Crippen LogP contribution in [0.25, 0.3) is 0 Å². The molecule has 0 heterocycles. The maximum atomic E-state index is 10.1. The average Bonchev–Trinajstić information content (AvgIpc) is 2.82. The van der Waals surface area contributed by atoms with Gasteiger partial charge in [0.05, 0.1) is 0 Å². The summed E-state index contributed by atoms with van der Waals surface area (Å²) < 4.78 is 3.25. The zero-order valence-corrected chi connectivity index (χ0v) is 29.7. The van der Waals surface area contributed by atoms with E-state index in [1.54, 1.807) is 32.4 Å². The quantitative estimate of drug-likeness (QED) is 0.0796.